The van der Waals surface area contributed by atoms with Gasteiger partial charge in [0.25, 0.3) is 0 Å². The molecule has 0 aromatic rings. The summed E-state index contributed by atoms with van der Waals surface area (Å²) in [4.78, 5) is 35.6. The number of hydrogen-bond acceptors (Lipinski definition) is 7. The van der Waals surface area contributed by atoms with E-state index < -0.39 is 23.3 Å². The highest BCUT2D eigenvalue weighted by atomic mass is 16.6. The van der Waals surface area contributed by atoms with E-state index >= 15 is 0 Å². The van der Waals surface area contributed by atoms with E-state index in [0.717, 1.165) is 12.5 Å². The van der Waals surface area contributed by atoms with Crippen LogP contribution in [0.3, 0.4) is 0 Å². The molecule has 1 saturated heterocycles. The van der Waals surface area contributed by atoms with Crippen LogP contribution in [-0.2, 0) is 33.3 Å². The molecule has 7 heteroatoms. The molecule has 1 heterocycles. The molecule has 1 fully saturated rings. The lowest BCUT2D eigenvalue weighted by Crippen LogP contribution is -2.38. The molecule has 0 amide bonds. The predicted molar refractivity (Wildman–Crippen MR) is 82.9 cm³/mol. The van der Waals surface area contributed by atoms with Crippen LogP contribution in [-0.4, -0.2) is 50.4 Å². The maximum absolute atomic E-state index is 12.4. The average molecular weight is 338 g/mol. The van der Waals surface area contributed by atoms with Crippen LogP contribution in [0.4, 0.5) is 0 Å². The number of esters is 3. The second-order valence-electron chi connectivity index (χ2n) is 5.90. The lowest BCUT2D eigenvalue weighted by atomic mass is 9.74. The molecule has 2 aliphatic rings. The number of rotatable bonds is 8. The summed E-state index contributed by atoms with van der Waals surface area (Å²) in [6, 6.07) is 0. The molecule has 2 unspecified atom stereocenters. The minimum absolute atomic E-state index is 0.0277. The summed E-state index contributed by atoms with van der Waals surface area (Å²) in [6.45, 7) is 5.60. The molecular weight excluding hydrogens is 316 g/mol. The largest absolute Gasteiger partial charge is 0.462 e. The zero-order valence-electron chi connectivity index (χ0n) is 13.7. The average Bonchev–Trinajstić information content (AvgIpc) is 3.40. The first-order valence-electron chi connectivity index (χ1n) is 7.93. The highest BCUT2D eigenvalue weighted by Crippen LogP contribution is 2.39. The molecular formula is C17H22O7. The fraction of sp³-hybridized carbons (Fsp3) is 0.588. The van der Waals surface area contributed by atoms with Crippen LogP contribution >= 0.6 is 0 Å². The fourth-order valence-corrected chi connectivity index (χ4v) is 2.49. The van der Waals surface area contributed by atoms with Crippen molar-refractivity contribution < 1.29 is 33.3 Å². The Labute approximate surface area is 140 Å². The van der Waals surface area contributed by atoms with Gasteiger partial charge in [0.2, 0.25) is 0 Å². The molecule has 0 aromatic heterocycles. The molecule has 0 radical (unpaired) electrons. The third kappa shape index (κ3) is 4.67. The zero-order valence-corrected chi connectivity index (χ0v) is 13.7. The van der Waals surface area contributed by atoms with Crippen LogP contribution in [0.1, 0.15) is 26.2 Å². The van der Waals surface area contributed by atoms with E-state index in [1.165, 1.54) is 0 Å². The second-order valence-corrected chi connectivity index (χ2v) is 5.90. The first-order valence-corrected chi connectivity index (χ1v) is 7.93. The molecule has 2 rings (SSSR count). The van der Waals surface area contributed by atoms with Gasteiger partial charge in [-0.25, -0.2) is 9.59 Å². The van der Waals surface area contributed by atoms with Gasteiger partial charge in [0.05, 0.1) is 17.6 Å². The first-order chi connectivity index (χ1) is 11.5. The lowest BCUT2D eigenvalue weighted by Gasteiger charge is -2.31. The van der Waals surface area contributed by atoms with Gasteiger partial charge in [-0.3, -0.25) is 4.79 Å². The Morgan fingerprint density at radius 1 is 1.33 bits per heavy atom. The fourth-order valence-electron chi connectivity index (χ4n) is 2.49. The van der Waals surface area contributed by atoms with Gasteiger partial charge < -0.3 is 18.9 Å². The van der Waals surface area contributed by atoms with Gasteiger partial charge in [-0.05, 0) is 26.2 Å². The smallest absolute Gasteiger partial charge is 0.334 e. The molecule has 0 saturated carbocycles. The maximum Gasteiger partial charge on any atom is 0.334 e. The minimum atomic E-state index is -1.03. The summed E-state index contributed by atoms with van der Waals surface area (Å²) >= 11 is 0. The third-order valence-corrected chi connectivity index (χ3v) is 4.02. The van der Waals surface area contributed by atoms with Crippen molar-refractivity contribution in [2.75, 3.05) is 26.4 Å². The van der Waals surface area contributed by atoms with E-state index in [4.69, 9.17) is 18.9 Å². The Morgan fingerprint density at radius 2 is 2.04 bits per heavy atom. The van der Waals surface area contributed by atoms with Gasteiger partial charge in [0.15, 0.2) is 0 Å². The van der Waals surface area contributed by atoms with Crippen LogP contribution in [0.2, 0.25) is 0 Å². The van der Waals surface area contributed by atoms with E-state index in [1.807, 2.05) is 0 Å². The summed E-state index contributed by atoms with van der Waals surface area (Å²) in [6.07, 6.45) is 4.73. The Kier molecular flexibility index (Phi) is 6.14. The van der Waals surface area contributed by atoms with Gasteiger partial charge in [-0.2, -0.15) is 0 Å². The van der Waals surface area contributed by atoms with Gasteiger partial charge in [0.1, 0.15) is 25.9 Å². The quantitative estimate of drug-likeness (QED) is 0.217. The first kappa shape index (κ1) is 18.2. The summed E-state index contributed by atoms with van der Waals surface area (Å²) < 4.78 is 20.1. The standard InChI is InChI=1S/C17H22O7/c1-3-14(18)21-8-9-22-15(19)13-6-4-5-7-17(13,2)16(20)24-11-12-10-23-12/h3,6,12H,1,4-5,7-11H2,2H3. The monoisotopic (exact) mass is 338 g/mol. The van der Waals surface area contributed by atoms with Crippen LogP contribution < -0.4 is 0 Å². The predicted octanol–water partition coefficient (Wildman–Crippen LogP) is 1.32. The molecule has 1 aliphatic heterocycles. The van der Waals surface area contributed by atoms with Gasteiger partial charge in [-0.15, -0.1) is 0 Å². The number of carbonyl (C=O) groups is 3. The third-order valence-electron chi connectivity index (χ3n) is 4.02. The highest BCUT2D eigenvalue weighted by Gasteiger charge is 2.44. The normalized spacial score (nSPS) is 25.2. The number of ether oxygens (including phenoxy) is 4. The number of allylic oxidation sites excluding steroid dienone is 1. The Bertz CT molecular complexity index is 547. The van der Waals surface area contributed by atoms with Crippen molar-refractivity contribution in [1.29, 1.82) is 0 Å². The van der Waals surface area contributed by atoms with E-state index in [1.54, 1.807) is 13.0 Å². The maximum atomic E-state index is 12.4. The van der Waals surface area contributed by atoms with Gasteiger partial charge in [0, 0.05) is 6.08 Å². The van der Waals surface area contributed by atoms with Crippen molar-refractivity contribution >= 4 is 17.9 Å². The number of epoxide rings is 1. The molecule has 0 spiro atoms. The van der Waals surface area contributed by atoms with Crippen LogP contribution in [0, 0.1) is 5.41 Å². The van der Waals surface area contributed by atoms with E-state index in [2.05, 4.69) is 6.58 Å². The van der Waals surface area contributed by atoms with E-state index in [-0.39, 0.29) is 25.9 Å². The lowest BCUT2D eigenvalue weighted by molar-refractivity contribution is -0.158. The number of hydrogen-bond donors (Lipinski definition) is 0. The Morgan fingerprint density at radius 3 is 2.71 bits per heavy atom. The molecule has 24 heavy (non-hydrogen) atoms. The molecule has 0 N–H and O–H groups in total. The molecule has 0 aromatic carbocycles. The molecule has 0 bridgehead atoms. The Hall–Kier alpha value is -2.15. The number of carbonyl (C=O) groups excluding carboxylic acids is 3. The van der Waals surface area contributed by atoms with Gasteiger partial charge >= 0.3 is 17.9 Å². The highest BCUT2D eigenvalue weighted by molar-refractivity contribution is 5.98. The van der Waals surface area contributed by atoms with Crippen molar-refractivity contribution in [3.8, 4) is 0 Å². The summed E-state index contributed by atoms with van der Waals surface area (Å²) in [5.74, 6) is -1.62. The van der Waals surface area contributed by atoms with Crippen molar-refractivity contribution in [1.82, 2.24) is 0 Å². The molecule has 1 aliphatic carbocycles. The molecule has 2 atom stereocenters. The molecule has 132 valence electrons. The summed E-state index contributed by atoms with van der Waals surface area (Å²) in [7, 11) is 0. The zero-order chi connectivity index (χ0) is 17.6. The second kappa shape index (κ2) is 8.10. The van der Waals surface area contributed by atoms with Crippen molar-refractivity contribution in [3.05, 3.63) is 24.3 Å². The van der Waals surface area contributed by atoms with E-state index in [9.17, 15) is 14.4 Å². The van der Waals surface area contributed by atoms with Gasteiger partial charge in [-0.1, -0.05) is 12.7 Å². The summed E-state index contributed by atoms with van der Waals surface area (Å²) in [5.41, 5.74) is -0.729. The van der Waals surface area contributed by atoms with Crippen molar-refractivity contribution in [2.45, 2.75) is 32.3 Å². The van der Waals surface area contributed by atoms with Crippen molar-refractivity contribution in [2.24, 2.45) is 5.41 Å². The molecule has 7 nitrogen and oxygen atoms in total. The van der Waals surface area contributed by atoms with Crippen LogP contribution in [0.25, 0.3) is 0 Å². The SMILES string of the molecule is C=CC(=O)OCCOC(=O)C1=CCCCC1(C)C(=O)OCC1CO1. The minimum Gasteiger partial charge on any atom is -0.462 e. The van der Waals surface area contributed by atoms with Crippen LogP contribution in [0.5, 0.6) is 0 Å². The van der Waals surface area contributed by atoms with Crippen LogP contribution in [0.15, 0.2) is 24.3 Å². The van der Waals surface area contributed by atoms with Crippen molar-refractivity contribution in [3.63, 3.8) is 0 Å². The topological polar surface area (TPSA) is 91.4 Å². The Balaban J connectivity index is 1.90. The van der Waals surface area contributed by atoms with E-state index in [0.29, 0.717) is 25.0 Å². The summed E-state index contributed by atoms with van der Waals surface area (Å²) in [5, 5.41) is 0.